The van der Waals surface area contributed by atoms with Crippen LogP contribution in [0.15, 0.2) is 22.0 Å². The van der Waals surface area contributed by atoms with Crippen molar-refractivity contribution in [3.63, 3.8) is 0 Å². The van der Waals surface area contributed by atoms with E-state index >= 15 is 0 Å². The van der Waals surface area contributed by atoms with Crippen LogP contribution in [-0.4, -0.2) is 81.7 Å². The van der Waals surface area contributed by atoms with Crippen molar-refractivity contribution in [1.82, 2.24) is 15.2 Å². The molecule has 2 atom stereocenters. The summed E-state index contributed by atoms with van der Waals surface area (Å²) in [5, 5.41) is 19.2. The van der Waals surface area contributed by atoms with Crippen molar-refractivity contribution < 1.29 is 33.9 Å². The van der Waals surface area contributed by atoms with Gasteiger partial charge in [-0.1, -0.05) is 5.16 Å². The molecule has 1 aromatic heterocycles. The summed E-state index contributed by atoms with van der Waals surface area (Å²) in [6.45, 7) is 0. The van der Waals surface area contributed by atoms with Gasteiger partial charge in [-0.2, -0.15) is 0 Å². The van der Waals surface area contributed by atoms with Crippen molar-refractivity contribution in [2.75, 3.05) is 31.2 Å². The summed E-state index contributed by atoms with van der Waals surface area (Å²) >= 11 is 7.74. The van der Waals surface area contributed by atoms with Gasteiger partial charge in [-0.05, 0) is 0 Å². The molecule has 3 heterocycles. The Hall–Kier alpha value is -2.84. The van der Waals surface area contributed by atoms with Crippen molar-refractivity contribution in [2.45, 2.75) is 11.4 Å². The maximum absolute atomic E-state index is 12.8. The van der Waals surface area contributed by atoms with Gasteiger partial charge in [0.15, 0.2) is 16.5 Å². The third-order valence-electron chi connectivity index (χ3n) is 4.18. The number of carboxylic acids is 1. The molecule has 0 aliphatic carbocycles. The van der Waals surface area contributed by atoms with Gasteiger partial charge in [0.05, 0.1) is 12.9 Å². The number of carbonyl (C=O) groups is 4. The smallest absolute Gasteiger partial charge is 0.356 e. The Morgan fingerprint density at radius 3 is 2.77 bits per heavy atom. The van der Waals surface area contributed by atoms with Crippen molar-refractivity contribution >= 4 is 69.2 Å². The number of aromatic nitrogens is 1. The van der Waals surface area contributed by atoms with Crippen LogP contribution in [0.25, 0.3) is 0 Å². The summed E-state index contributed by atoms with van der Waals surface area (Å²) in [7, 11) is 2.56. The quantitative estimate of drug-likeness (QED) is 0.198. The number of anilines is 1. The van der Waals surface area contributed by atoms with E-state index in [-0.39, 0.29) is 39.6 Å². The normalized spacial score (nSPS) is 20.5. The summed E-state index contributed by atoms with van der Waals surface area (Å²) in [6.07, 6.45) is 0. The number of oxime groups is 1. The number of carboxylic acid groups (broad SMARTS) is 1. The Labute approximate surface area is 188 Å². The summed E-state index contributed by atoms with van der Waals surface area (Å²) in [4.78, 5) is 58.2. The molecular weight excluding hydrogens is 474 g/mol. The highest BCUT2D eigenvalue weighted by atomic mass is 35.5. The minimum absolute atomic E-state index is 0.113. The van der Waals surface area contributed by atoms with E-state index in [0.29, 0.717) is 0 Å². The number of halogens is 1. The van der Waals surface area contributed by atoms with Crippen LogP contribution in [-0.2, 0) is 28.8 Å². The predicted molar refractivity (Wildman–Crippen MR) is 112 cm³/mol. The zero-order chi connectivity index (χ0) is 22.7. The van der Waals surface area contributed by atoms with E-state index in [0.717, 1.165) is 16.2 Å². The number of rotatable bonds is 8. The topological polar surface area (TPSA) is 160 Å². The number of alkyl halides is 1. The molecule has 15 heteroatoms. The van der Waals surface area contributed by atoms with Gasteiger partial charge < -0.3 is 25.3 Å². The molecular formula is C16H16ClN5O7S2. The standard InChI is InChI=1S/C16H16ClN5O7S2/c1-28-7-5-30-14-10(13(25)22(14)11(7)15(26)27)20-12(24)9(21-29-2)6-4-31-16(18-6)19-8(23)3-17/h4,10,14H,3,5H2,1-2H3,(H,20,24)(H,26,27)(H,18,19,23)/b21-9-/t10?,14-/m1/s1. The van der Waals surface area contributed by atoms with E-state index in [1.165, 1.54) is 31.4 Å². The maximum Gasteiger partial charge on any atom is 0.356 e. The van der Waals surface area contributed by atoms with E-state index in [1.54, 1.807) is 0 Å². The van der Waals surface area contributed by atoms with Gasteiger partial charge in [0.25, 0.3) is 11.8 Å². The number of fused-ring (bicyclic) bond motifs is 1. The molecule has 1 saturated heterocycles. The van der Waals surface area contributed by atoms with E-state index < -0.39 is 35.1 Å². The lowest BCUT2D eigenvalue weighted by Gasteiger charge is -2.48. The first kappa shape index (κ1) is 22.8. The molecule has 3 rings (SSSR count). The second-order valence-electron chi connectivity index (χ2n) is 5.98. The van der Waals surface area contributed by atoms with E-state index in [2.05, 4.69) is 20.8 Å². The van der Waals surface area contributed by atoms with Gasteiger partial charge in [-0.15, -0.1) is 34.7 Å². The number of amides is 3. The van der Waals surface area contributed by atoms with Crippen LogP contribution in [0, 0.1) is 0 Å². The average Bonchev–Trinajstić information content (AvgIpc) is 3.21. The highest BCUT2D eigenvalue weighted by molar-refractivity contribution is 8.00. The lowest BCUT2D eigenvalue weighted by molar-refractivity contribution is -0.150. The molecule has 1 aromatic rings. The number of nitrogens with one attached hydrogen (secondary N) is 2. The van der Waals surface area contributed by atoms with Gasteiger partial charge in [-0.3, -0.25) is 19.3 Å². The number of β-lactam (4-membered cyclic amide) rings is 1. The van der Waals surface area contributed by atoms with E-state index in [4.69, 9.17) is 21.2 Å². The minimum Gasteiger partial charge on any atom is -0.498 e. The highest BCUT2D eigenvalue weighted by Gasteiger charge is 2.55. The molecule has 0 saturated carbocycles. The number of carbonyl (C=O) groups excluding carboxylic acids is 3. The van der Waals surface area contributed by atoms with Crippen molar-refractivity contribution in [3.05, 3.63) is 22.5 Å². The number of thioether (sulfide) groups is 1. The molecule has 2 aliphatic rings. The van der Waals surface area contributed by atoms with Crippen LogP contribution in [0.4, 0.5) is 5.13 Å². The lowest BCUT2D eigenvalue weighted by Crippen LogP contribution is -2.71. The van der Waals surface area contributed by atoms with Crippen molar-refractivity contribution in [3.8, 4) is 0 Å². The Kier molecular flexibility index (Phi) is 7.02. The van der Waals surface area contributed by atoms with Gasteiger partial charge >= 0.3 is 5.97 Å². The summed E-state index contributed by atoms with van der Waals surface area (Å²) in [6, 6.07) is -0.971. The molecule has 3 amide bonds. The fourth-order valence-corrected chi connectivity index (χ4v) is 4.94. The summed E-state index contributed by atoms with van der Waals surface area (Å²) in [5.74, 6) is -2.97. The predicted octanol–water partition coefficient (Wildman–Crippen LogP) is 0.0134. The number of aliphatic carboxylic acids is 1. The molecule has 166 valence electrons. The van der Waals surface area contributed by atoms with Gasteiger partial charge in [-0.25, -0.2) is 9.78 Å². The number of methoxy groups -OCH3 is 1. The SMILES string of the molecule is CO/N=C(\C(=O)NC1C(=O)N2C(C(=O)O)=C(OC)CS[C@H]12)c1csc(NC(=O)CCl)n1. The Balaban J connectivity index is 1.75. The van der Waals surface area contributed by atoms with Crippen LogP contribution >= 0.6 is 34.7 Å². The Bertz CT molecular complexity index is 995. The number of hydrogen-bond acceptors (Lipinski definition) is 10. The zero-order valence-electron chi connectivity index (χ0n) is 16.1. The number of nitrogens with zero attached hydrogens (tertiary/aromatic N) is 3. The molecule has 1 unspecified atom stereocenters. The van der Waals surface area contributed by atoms with E-state index in [9.17, 15) is 24.3 Å². The lowest BCUT2D eigenvalue weighted by atomic mass is 10.0. The zero-order valence-corrected chi connectivity index (χ0v) is 18.5. The molecule has 0 radical (unpaired) electrons. The second-order valence-corrected chi connectivity index (χ2v) is 8.21. The van der Waals surface area contributed by atoms with Crippen molar-refractivity contribution in [2.24, 2.45) is 5.16 Å². The monoisotopic (exact) mass is 489 g/mol. The average molecular weight is 490 g/mol. The molecule has 12 nitrogen and oxygen atoms in total. The highest BCUT2D eigenvalue weighted by Crippen LogP contribution is 2.40. The molecule has 31 heavy (non-hydrogen) atoms. The molecule has 1 fully saturated rings. The first-order valence-corrected chi connectivity index (χ1v) is 11.0. The number of ether oxygens (including phenoxy) is 1. The number of hydrogen-bond donors (Lipinski definition) is 3. The first-order chi connectivity index (χ1) is 14.8. The molecule has 2 aliphatic heterocycles. The molecule has 0 spiro atoms. The van der Waals surface area contributed by atoms with E-state index in [1.807, 2.05) is 0 Å². The third kappa shape index (κ3) is 4.45. The van der Waals surface area contributed by atoms with Gasteiger partial charge in [0.1, 0.15) is 35.9 Å². The maximum atomic E-state index is 12.8. The Morgan fingerprint density at radius 1 is 1.42 bits per heavy atom. The molecule has 0 bridgehead atoms. The van der Waals surface area contributed by atoms with Crippen LogP contribution in [0.3, 0.4) is 0 Å². The number of thiazole rings is 1. The van der Waals surface area contributed by atoms with Crippen LogP contribution in [0.1, 0.15) is 5.69 Å². The fraction of sp³-hybridized carbons (Fsp3) is 0.375. The molecule has 0 aromatic carbocycles. The van der Waals surface area contributed by atoms with Gasteiger partial charge in [0, 0.05) is 5.38 Å². The third-order valence-corrected chi connectivity index (χ3v) is 6.43. The fourth-order valence-electron chi connectivity index (χ4n) is 2.85. The molecule has 3 N–H and O–H groups in total. The van der Waals surface area contributed by atoms with Gasteiger partial charge in [0.2, 0.25) is 5.91 Å². The second kappa shape index (κ2) is 9.53. The Morgan fingerprint density at radius 2 is 2.16 bits per heavy atom. The van der Waals surface area contributed by atoms with Crippen molar-refractivity contribution in [1.29, 1.82) is 0 Å². The minimum atomic E-state index is -1.30. The van der Waals surface area contributed by atoms with Crippen LogP contribution < -0.4 is 10.6 Å². The summed E-state index contributed by atoms with van der Waals surface area (Å²) in [5.41, 5.74) is -0.350. The van der Waals surface area contributed by atoms with Crippen LogP contribution in [0.5, 0.6) is 0 Å². The first-order valence-electron chi connectivity index (χ1n) is 8.51. The van der Waals surface area contributed by atoms with Crippen LogP contribution in [0.2, 0.25) is 0 Å². The summed E-state index contributed by atoms with van der Waals surface area (Å²) < 4.78 is 5.06. The largest absolute Gasteiger partial charge is 0.498 e.